The SMILES string of the molecule is COc1ccccc1N(C)[C@]1([C@@H](c2ccccc2)c2cccnc2)CN2CCC1CC2.Cl.Cl. The summed E-state index contributed by atoms with van der Waals surface area (Å²) in [5, 5.41) is 0. The Bertz CT molecular complexity index is 973. The maximum absolute atomic E-state index is 5.81. The number of pyridine rings is 1. The summed E-state index contributed by atoms with van der Waals surface area (Å²) in [5.74, 6) is 1.74. The molecular formula is C27H33Cl2N3O. The smallest absolute Gasteiger partial charge is 0.142 e. The molecule has 0 saturated carbocycles. The maximum Gasteiger partial charge on any atom is 0.142 e. The number of piperidine rings is 3. The minimum Gasteiger partial charge on any atom is -0.495 e. The molecule has 3 aromatic rings. The number of likely N-dealkylation sites (N-methyl/N-ethyl adjacent to an activating group) is 1. The van der Waals surface area contributed by atoms with Crippen molar-refractivity contribution in [2.45, 2.75) is 24.3 Å². The highest BCUT2D eigenvalue weighted by molar-refractivity contribution is 5.85. The van der Waals surface area contributed by atoms with Crippen LogP contribution in [0.4, 0.5) is 5.69 Å². The van der Waals surface area contributed by atoms with Gasteiger partial charge in [0.15, 0.2) is 0 Å². The highest BCUT2D eigenvalue weighted by Crippen LogP contribution is 2.52. The molecule has 6 rings (SSSR count). The van der Waals surface area contributed by atoms with E-state index in [0.717, 1.165) is 18.0 Å². The molecule has 176 valence electrons. The monoisotopic (exact) mass is 485 g/mol. The van der Waals surface area contributed by atoms with Crippen LogP contribution in [0.25, 0.3) is 0 Å². The number of benzene rings is 2. The van der Waals surface area contributed by atoms with E-state index in [0.29, 0.717) is 5.92 Å². The van der Waals surface area contributed by atoms with Crippen LogP contribution in [0.1, 0.15) is 29.9 Å². The Hall–Kier alpha value is -2.27. The minimum atomic E-state index is -0.0878. The lowest BCUT2D eigenvalue weighted by Gasteiger charge is -2.61. The Labute approximate surface area is 209 Å². The third kappa shape index (κ3) is 4.44. The van der Waals surface area contributed by atoms with Gasteiger partial charge >= 0.3 is 0 Å². The van der Waals surface area contributed by atoms with Crippen LogP contribution in [0.15, 0.2) is 79.1 Å². The van der Waals surface area contributed by atoms with Crippen LogP contribution >= 0.6 is 24.8 Å². The fraction of sp³-hybridized carbons (Fsp3) is 0.370. The van der Waals surface area contributed by atoms with Gasteiger partial charge in [0.1, 0.15) is 5.75 Å². The lowest BCUT2D eigenvalue weighted by Crippen LogP contribution is -2.69. The van der Waals surface area contributed by atoms with Crippen molar-refractivity contribution < 1.29 is 4.74 Å². The van der Waals surface area contributed by atoms with Crippen LogP contribution < -0.4 is 9.64 Å². The number of ether oxygens (including phenoxy) is 1. The van der Waals surface area contributed by atoms with Crippen molar-refractivity contribution in [3.05, 3.63) is 90.3 Å². The molecule has 0 aliphatic carbocycles. The summed E-state index contributed by atoms with van der Waals surface area (Å²) >= 11 is 0. The van der Waals surface area contributed by atoms with Crippen LogP contribution in [0, 0.1) is 5.92 Å². The predicted molar refractivity (Wildman–Crippen MR) is 140 cm³/mol. The van der Waals surface area contributed by atoms with Crippen molar-refractivity contribution in [2.75, 3.05) is 38.7 Å². The quantitative estimate of drug-likeness (QED) is 0.449. The first-order valence-electron chi connectivity index (χ1n) is 11.3. The highest BCUT2D eigenvalue weighted by atomic mass is 35.5. The van der Waals surface area contributed by atoms with Crippen molar-refractivity contribution in [3.63, 3.8) is 0 Å². The molecule has 0 amide bonds. The van der Waals surface area contributed by atoms with Gasteiger partial charge in [-0.15, -0.1) is 24.8 Å². The summed E-state index contributed by atoms with van der Waals surface area (Å²) in [6.45, 7) is 3.43. The van der Waals surface area contributed by atoms with Crippen molar-refractivity contribution in [1.82, 2.24) is 9.88 Å². The fourth-order valence-corrected chi connectivity index (χ4v) is 6.07. The molecule has 3 fully saturated rings. The zero-order valence-electron chi connectivity index (χ0n) is 19.3. The number of aromatic nitrogens is 1. The van der Waals surface area contributed by atoms with Crippen LogP contribution in [-0.4, -0.2) is 49.2 Å². The van der Waals surface area contributed by atoms with E-state index in [9.17, 15) is 0 Å². The molecule has 3 aliphatic heterocycles. The number of hydrogen-bond donors (Lipinski definition) is 0. The molecule has 0 spiro atoms. The van der Waals surface area contributed by atoms with E-state index in [1.54, 1.807) is 7.11 Å². The molecule has 2 aromatic carbocycles. The number of hydrogen-bond acceptors (Lipinski definition) is 4. The topological polar surface area (TPSA) is 28.6 Å². The molecular weight excluding hydrogens is 453 g/mol. The van der Waals surface area contributed by atoms with E-state index in [-0.39, 0.29) is 36.3 Å². The molecule has 3 saturated heterocycles. The van der Waals surface area contributed by atoms with Gasteiger partial charge in [-0.2, -0.15) is 0 Å². The summed E-state index contributed by atoms with van der Waals surface area (Å²) in [6.07, 6.45) is 6.39. The Kier molecular flexibility index (Phi) is 8.28. The Morgan fingerprint density at radius 3 is 2.21 bits per heavy atom. The van der Waals surface area contributed by atoms with Crippen LogP contribution in [0.5, 0.6) is 5.75 Å². The van der Waals surface area contributed by atoms with Gasteiger partial charge in [0, 0.05) is 31.9 Å². The molecule has 1 aromatic heterocycles. The minimum absolute atomic E-state index is 0. The molecule has 0 unspecified atom stereocenters. The number of halogens is 2. The van der Waals surface area contributed by atoms with E-state index in [1.165, 1.54) is 37.1 Å². The fourth-order valence-electron chi connectivity index (χ4n) is 6.07. The average molecular weight is 486 g/mol. The van der Waals surface area contributed by atoms with Crippen LogP contribution in [-0.2, 0) is 0 Å². The van der Waals surface area contributed by atoms with Gasteiger partial charge in [0.2, 0.25) is 0 Å². The second-order valence-corrected chi connectivity index (χ2v) is 8.90. The summed E-state index contributed by atoms with van der Waals surface area (Å²) in [7, 11) is 4.04. The van der Waals surface area contributed by atoms with E-state index >= 15 is 0 Å². The highest BCUT2D eigenvalue weighted by Gasteiger charge is 2.55. The largest absolute Gasteiger partial charge is 0.495 e. The molecule has 33 heavy (non-hydrogen) atoms. The summed E-state index contributed by atoms with van der Waals surface area (Å²) in [4.78, 5) is 9.71. The molecule has 6 heteroatoms. The number of methoxy groups -OCH3 is 1. The molecule has 2 atom stereocenters. The zero-order chi connectivity index (χ0) is 21.3. The van der Waals surface area contributed by atoms with Crippen molar-refractivity contribution in [3.8, 4) is 5.75 Å². The van der Waals surface area contributed by atoms with Gasteiger partial charge in [0.05, 0.1) is 18.3 Å². The van der Waals surface area contributed by atoms with E-state index < -0.39 is 0 Å². The lowest BCUT2D eigenvalue weighted by molar-refractivity contribution is 0.0167. The first-order chi connectivity index (χ1) is 15.2. The number of nitrogens with zero attached hydrogens (tertiary/aromatic N) is 3. The molecule has 0 radical (unpaired) electrons. The van der Waals surface area contributed by atoms with Crippen molar-refractivity contribution in [2.24, 2.45) is 5.92 Å². The van der Waals surface area contributed by atoms with Crippen molar-refractivity contribution in [1.29, 1.82) is 0 Å². The van der Waals surface area contributed by atoms with Gasteiger partial charge in [-0.25, -0.2) is 0 Å². The number of para-hydroxylation sites is 2. The van der Waals surface area contributed by atoms with Crippen molar-refractivity contribution >= 4 is 30.5 Å². The second-order valence-electron chi connectivity index (χ2n) is 8.90. The van der Waals surface area contributed by atoms with E-state index in [4.69, 9.17) is 4.74 Å². The number of anilines is 1. The first-order valence-corrected chi connectivity index (χ1v) is 11.3. The Morgan fingerprint density at radius 1 is 0.939 bits per heavy atom. The van der Waals surface area contributed by atoms with Gasteiger partial charge in [-0.1, -0.05) is 48.5 Å². The van der Waals surface area contributed by atoms with Crippen LogP contribution in [0.3, 0.4) is 0 Å². The maximum atomic E-state index is 5.81. The van der Waals surface area contributed by atoms with E-state index in [1.807, 2.05) is 6.20 Å². The zero-order valence-corrected chi connectivity index (χ0v) is 20.9. The predicted octanol–water partition coefficient (Wildman–Crippen LogP) is 5.67. The third-order valence-corrected chi connectivity index (χ3v) is 7.49. The molecule has 4 nitrogen and oxygen atoms in total. The first kappa shape index (κ1) is 25.4. The summed E-state index contributed by atoms with van der Waals surface area (Å²) in [5.41, 5.74) is 3.70. The van der Waals surface area contributed by atoms with Gasteiger partial charge in [-0.3, -0.25) is 4.98 Å². The Morgan fingerprint density at radius 2 is 1.61 bits per heavy atom. The normalized spacial score (nSPS) is 24.2. The van der Waals surface area contributed by atoms with Gasteiger partial charge in [0.25, 0.3) is 0 Å². The third-order valence-electron chi connectivity index (χ3n) is 7.49. The summed E-state index contributed by atoms with van der Waals surface area (Å²) in [6, 6.07) is 23.8. The standard InChI is InChI=1S/C27H31N3O.2ClH/c1-29(24-12-6-7-13-25(24)31-2)27(20-30-17-14-23(27)15-18-30)26(21-9-4-3-5-10-21)22-11-8-16-28-19-22;;/h3-13,16,19,23,26H,14-15,17-18,20H2,1-2H3;2*1H/t26-,27+;;/m0../s1. The summed E-state index contributed by atoms with van der Waals surface area (Å²) < 4.78 is 5.81. The van der Waals surface area contributed by atoms with Gasteiger partial charge < -0.3 is 14.5 Å². The van der Waals surface area contributed by atoms with Crippen LogP contribution in [0.2, 0.25) is 0 Å². The molecule has 0 N–H and O–H groups in total. The number of rotatable bonds is 6. The van der Waals surface area contributed by atoms with E-state index in [2.05, 4.69) is 94.8 Å². The molecule has 3 aliphatic rings. The average Bonchev–Trinajstić information content (AvgIpc) is 2.85. The second kappa shape index (κ2) is 10.8. The Balaban J connectivity index is 0.00000153. The molecule has 4 heterocycles. The lowest BCUT2D eigenvalue weighted by atomic mass is 9.61. The number of fused-ring (bicyclic) bond motifs is 3. The molecule has 2 bridgehead atoms. The van der Waals surface area contributed by atoms with Gasteiger partial charge in [-0.05, 0) is 61.2 Å².